The molecule has 32 heavy (non-hydrogen) atoms. The first kappa shape index (κ1) is 24.5. The highest BCUT2D eigenvalue weighted by molar-refractivity contribution is 7.89. The number of aliphatic hydroxyl groups excluding tert-OH is 1. The van der Waals surface area contributed by atoms with E-state index in [-0.39, 0.29) is 22.3 Å². The maximum absolute atomic E-state index is 12.5. The average molecular weight is 482 g/mol. The molecule has 1 unspecified atom stereocenters. The predicted octanol–water partition coefficient (Wildman–Crippen LogP) is 2.49. The average Bonchev–Trinajstić information content (AvgIpc) is 2.76. The second kappa shape index (κ2) is 11.1. The van der Waals surface area contributed by atoms with Crippen LogP contribution in [0.15, 0.2) is 47.4 Å². The van der Waals surface area contributed by atoms with E-state index < -0.39 is 22.3 Å². The lowest BCUT2D eigenvalue weighted by Gasteiger charge is -2.26. The molecule has 10 heteroatoms. The molecule has 2 aromatic rings. The van der Waals surface area contributed by atoms with Crippen molar-refractivity contribution >= 4 is 27.5 Å². The predicted molar refractivity (Wildman–Crippen MR) is 122 cm³/mol. The van der Waals surface area contributed by atoms with Crippen LogP contribution < -0.4 is 15.4 Å². The third-order valence-corrected chi connectivity index (χ3v) is 7.06. The fourth-order valence-electron chi connectivity index (χ4n) is 3.68. The van der Waals surface area contributed by atoms with E-state index in [9.17, 15) is 23.4 Å². The number of amides is 1. The van der Waals surface area contributed by atoms with Crippen LogP contribution in [0.2, 0.25) is 5.02 Å². The number of aromatic hydroxyl groups is 1. The van der Waals surface area contributed by atoms with Crippen LogP contribution in [0, 0.1) is 0 Å². The van der Waals surface area contributed by atoms with Gasteiger partial charge < -0.3 is 15.5 Å². The summed E-state index contributed by atoms with van der Waals surface area (Å²) in [4.78, 5) is 12.2. The molecule has 0 aliphatic heterocycles. The smallest absolute Gasteiger partial charge is 0.255 e. The molecule has 1 aliphatic carbocycles. The van der Waals surface area contributed by atoms with E-state index in [0.29, 0.717) is 18.0 Å². The molecule has 1 fully saturated rings. The lowest BCUT2D eigenvalue weighted by atomic mass is 9.96. The number of aliphatic hydroxyl groups is 1. The minimum absolute atomic E-state index is 0.0404. The molecule has 0 radical (unpaired) electrons. The van der Waals surface area contributed by atoms with Crippen LogP contribution in [0.25, 0.3) is 0 Å². The van der Waals surface area contributed by atoms with Crippen LogP contribution >= 0.6 is 11.6 Å². The van der Waals surface area contributed by atoms with Crippen molar-refractivity contribution in [2.75, 3.05) is 6.54 Å². The molecule has 2 aromatic carbocycles. The van der Waals surface area contributed by atoms with E-state index in [2.05, 4.69) is 15.4 Å². The molecule has 8 nitrogen and oxygen atoms in total. The van der Waals surface area contributed by atoms with Gasteiger partial charge >= 0.3 is 0 Å². The number of phenolic OH excluding ortho intramolecular Hbond substituents is 1. The van der Waals surface area contributed by atoms with E-state index in [1.165, 1.54) is 36.8 Å². The Balaban J connectivity index is 1.50. The fourth-order valence-corrected chi connectivity index (χ4v) is 4.85. The van der Waals surface area contributed by atoms with E-state index in [4.69, 9.17) is 11.6 Å². The number of carbonyl (C=O) groups is 1. The molecule has 0 heterocycles. The molecule has 0 saturated heterocycles. The van der Waals surface area contributed by atoms with Gasteiger partial charge in [0.1, 0.15) is 5.75 Å². The Bertz CT molecular complexity index is 1020. The fraction of sp³-hybridized carbons (Fsp3) is 0.409. The minimum atomic E-state index is -3.88. The zero-order chi connectivity index (χ0) is 23.1. The maximum Gasteiger partial charge on any atom is 0.255 e. The van der Waals surface area contributed by atoms with Crippen molar-refractivity contribution in [1.29, 1.82) is 0 Å². The van der Waals surface area contributed by atoms with Crippen LogP contribution in [0.5, 0.6) is 5.75 Å². The van der Waals surface area contributed by atoms with Gasteiger partial charge in [0, 0.05) is 17.6 Å². The van der Waals surface area contributed by atoms with Gasteiger partial charge in [-0.2, -0.15) is 4.72 Å². The van der Waals surface area contributed by atoms with Gasteiger partial charge in [0.05, 0.1) is 10.5 Å². The van der Waals surface area contributed by atoms with Crippen LogP contribution in [-0.2, 0) is 16.4 Å². The molecule has 174 valence electrons. The summed E-state index contributed by atoms with van der Waals surface area (Å²) in [6.07, 6.45) is 4.26. The van der Waals surface area contributed by atoms with Crippen molar-refractivity contribution in [3.8, 4) is 5.75 Å². The first-order chi connectivity index (χ1) is 15.2. The van der Waals surface area contributed by atoms with Gasteiger partial charge in [-0.05, 0) is 55.2 Å². The quantitative estimate of drug-likeness (QED) is 0.350. The number of rotatable bonds is 9. The standard InChI is InChI=1S/C22H28ClN3O5S/c23-16-8-11-20(27)19(14-16)21(28)24-13-12-15-6-9-18(10-7-15)32(30,31)26-22(29)25-17-4-2-1-3-5-17/h6-11,14,17,22,25-27,29H,1-5,12-13H2,(H,24,28). The van der Waals surface area contributed by atoms with Crippen molar-refractivity contribution < 1.29 is 23.4 Å². The number of nitrogens with one attached hydrogen (secondary N) is 3. The van der Waals surface area contributed by atoms with Crippen molar-refractivity contribution in [2.45, 2.75) is 55.8 Å². The molecule has 1 aliphatic rings. The summed E-state index contributed by atoms with van der Waals surface area (Å²) in [5.74, 6) is -0.609. The second-order valence-corrected chi connectivity index (χ2v) is 9.99. The van der Waals surface area contributed by atoms with Crippen LogP contribution in [-0.4, -0.2) is 43.5 Å². The van der Waals surface area contributed by atoms with Gasteiger partial charge in [0.25, 0.3) is 5.91 Å². The number of phenols is 1. The van der Waals surface area contributed by atoms with Crippen molar-refractivity contribution in [3.63, 3.8) is 0 Å². The molecule has 5 N–H and O–H groups in total. The summed E-state index contributed by atoms with van der Waals surface area (Å²) in [6.45, 7) is 0.291. The molecule has 1 amide bonds. The third-order valence-electron chi connectivity index (χ3n) is 5.40. The minimum Gasteiger partial charge on any atom is -0.507 e. The van der Waals surface area contributed by atoms with E-state index >= 15 is 0 Å². The van der Waals surface area contributed by atoms with Crippen molar-refractivity contribution in [1.82, 2.24) is 15.4 Å². The van der Waals surface area contributed by atoms with E-state index in [1.54, 1.807) is 12.1 Å². The SMILES string of the molecule is O=C(NCCc1ccc(S(=O)(=O)NC(O)NC2CCCCC2)cc1)c1cc(Cl)ccc1O. The monoisotopic (exact) mass is 481 g/mol. The lowest BCUT2D eigenvalue weighted by molar-refractivity contribution is 0.0951. The normalized spacial score (nSPS) is 15.9. The van der Waals surface area contributed by atoms with Crippen LogP contribution in [0.3, 0.4) is 0 Å². The lowest BCUT2D eigenvalue weighted by Crippen LogP contribution is -2.49. The molecule has 0 spiro atoms. The molecule has 0 bridgehead atoms. The third kappa shape index (κ3) is 6.91. The summed E-state index contributed by atoms with van der Waals surface area (Å²) in [7, 11) is -3.88. The summed E-state index contributed by atoms with van der Waals surface area (Å²) >= 11 is 5.86. The zero-order valence-electron chi connectivity index (χ0n) is 17.6. The number of sulfonamides is 1. The van der Waals surface area contributed by atoms with Crippen LogP contribution in [0.1, 0.15) is 48.0 Å². The molecule has 3 rings (SSSR count). The molecule has 0 aromatic heterocycles. The highest BCUT2D eigenvalue weighted by Gasteiger charge is 2.22. The summed E-state index contributed by atoms with van der Waals surface area (Å²) in [5.41, 5.74) is 0.908. The number of carbonyl (C=O) groups excluding carboxylic acids is 1. The van der Waals surface area contributed by atoms with Gasteiger partial charge in [-0.1, -0.05) is 43.0 Å². The number of benzene rings is 2. The topological polar surface area (TPSA) is 128 Å². The van der Waals surface area contributed by atoms with E-state index in [0.717, 1.165) is 31.2 Å². The number of halogens is 1. The molecule has 1 atom stereocenters. The Hall–Kier alpha value is -2.17. The van der Waals surface area contributed by atoms with Gasteiger partial charge in [-0.25, -0.2) is 8.42 Å². The molecular weight excluding hydrogens is 454 g/mol. The maximum atomic E-state index is 12.5. The summed E-state index contributed by atoms with van der Waals surface area (Å²) in [5, 5.41) is 25.8. The Morgan fingerprint density at radius 2 is 1.78 bits per heavy atom. The van der Waals surface area contributed by atoms with Crippen molar-refractivity contribution in [2.24, 2.45) is 0 Å². The molecular formula is C22H28ClN3O5S. The summed E-state index contributed by atoms with van der Waals surface area (Å²) in [6, 6.07) is 10.5. The first-order valence-corrected chi connectivity index (χ1v) is 12.4. The molecule has 1 saturated carbocycles. The van der Waals surface area contributed by atoms with Gasteiger partial charge in [-0.3, -0.25) is 10.1 Å². The highest BCUT2D eigenvalue weighted by Crippen LogP contribution is 2.21. The Morgan fingerprint density at radius 1 is 1.09 bits per heavy atom. The van der Waals surface area contributed by atoms with Gasteiger partial charge in [0.2, 0.25) is 10.0 Å². The zero-order valence-corrected chi connectivity index (χ0v) is 19.1. The Morgan fingerprint density at radius 3 is 2.47 bits per heavy atom. The summed E-state index contributed by atoms with van der Waals surface area (Å²) < 4.78 is 27.3. The van der Waals surface area contributed by atoms with E-state index in [1.807, 2.05) is 0 Å². The van der Waals surface area contributed by atoms with Gasteiger partial charge in [0.15, 0.2) is 6.35 Å². The number of hydrogen-bond acceptors (Lipinski definition) is 6. The Kier molecular flexibility index (Phi) is 8.50. The van der Waals surface area contributed by atoms with Crippen molar-refractivity contribution in [3.05, 3.63) is 58.6 Å². The van der Waals surface area contributed by atoms with Crippen LogP contribution in [0.4, 0.5) is 0 Å². The number of hydrogen-bond donors (Lipinski definition) is 5. The first-order valence-electron chi connectivity index (χ1n) is 10.6. The van der Waals surface area contributed by atoms with Gasteiger partial charge in [-0.15, -0.1) is 0 Å². The highest BCUT2D eigenvalue weighted by atomic mass is 35.5. The largest absolute Gasteiger partial charge is 0.507 e. The second-order valence-electron chi connectivity index (χ2n) is 7.84. The Labute approximate surface area is 193 Å².